The van der Waals surface area contributed by atoms with Crippen LogP contribution in [-0.4, -0.2) is 9.78 Å². The van der Waals surface area contributed by atoms with Crippen molar-refractivity contribution in [3.63, 3.8) is 0 Å². The molecule has 5 heteroatoms. The fraction of sp³-hybridized carbons (Fsp3) is 0.308. The Kier molecular flexibility index (Phi) is 4.52. The van der Waals surface area contributed by atoms with Crippen molar-refractivity contribution in [1.82, 2.24) is 15.2 Å². The number of nitrogens with two attached hydrogens (primary N) is 1. The Balaban J connectivity index is 1.99. The van der Waals surface area contributed by atoms with Crippen LogP contribution in [0.25, 0.3) is 0 Å². The van der Waals surface area contributed by atoms with E-state index >= 15 is 0 Å². The normalized spacial score (nSPS) is 12.6. The summed E-state index contributed by atoms with van der Waals surface area (Å²) in [6.45, 7) is 0. The lowest BCUT2D eigenvalue weighted by molar-refractivity contribution is 0.516. The van der Waals surface area contributed by atoms with E-state index in [-0.39, 0.29) is 6.04 Å². The maximum Gasteiger partial charge on any atom is 0.0521 e. The van der Waals surface area contributed by atoms with E-state index in [0.29, 0.717) is 0 Å². The third-order valence-electron chi connectivity index (χ3n) is 2.95. The van der Waals surface area contributed by atoms with Crippen LogP contribution in [0.15, 0.2) is 41.1 Å². The van der Waals surface area contributed by atoms with Gasteiger partial charge in [0.2, 0.25) is 0 Å². The first-order valence-corrected chi connectivity index (χ1v) is 6.67. The fourth-order valence-corrected chi connectivity index (χ4v) is 2.22. The largest absolute Gasteiger partial charge is 0.276 e. The molecule has 0 aliphatic carbocycles. The molecule has 1 heterocycles. The van der Waals surface area contributed by atoms with E-state index in [0.717, 1.165) is 17.3 Å². The van der Waals surface area contributed by atoms with E-state index in [1.54, 1.807) is 0 Å². The zero-order valence-corrected chi connectivity index (χ0v) is 11.9. The minimum Gasteiger partial charge on any atom is -0.276 e. The van der Waals surface area contributed by atoms with E-state index in [1.165, 1.54) is 11.1 Å². The highest BCUT2D eigenvalue weighted by Gasteiger charge is 2.10. The molecular weight excluding hydrogens is 292 g/mol. The predicted octanol–water partition coefficient (Wildman–Crippen LogP) is 2.32. The topological polar surface area (TPSA) is 55.9 Å². The summed E-state index contributed by atoms with van der Waals surface area (Å²) in [5.41, 5.74) is 5.30. The van der Waals surface area contributed by atoms with Crippen LogP contribution in [-0.2, 0) is 13.5 Å². The second kappa shape index (κ2) is 6.13. The Morgan fingerprint density at radius 2 is 2.11 bits per heavy atom. The molecule has 1 atom stereocenters. The first kappa shape index (κ1) is 13.3. The third kappa shape index (κ3) is 3.41. The van der Waals surface area contributed by atoms with Crippen molar-refractivity contribution < 1.29 is 0 Å². The van der Waals surface area contributed by atoms with E-state index in [4.69, 9.17) is 5.84 Å². The average molecular weight is 309 g/mol. The number of halogens is 1. The Bertz CT molecular complexity index is 492. The summed E-state index contributed by atoms with van der Waals surface area (Å²) < 4.78 is 2.90. The summed E-state index contributed by atoms with van der Waals surface area (Å²) in [6, 6.07) is 8.39. The summed E-state index contributed by atoms with van der Waals surface area (Å²) in [7, 11) is 1.93. The molecule has 0 radical (unpaired) electrons. The van der Waals surface area contributed by atoms with Crippen molar-refractivity contribution in [1.29, 1.82) is 0 Å². The van der Waals surface area contributed by atoms with E-state index in [9.17, 15) is 0 Å². The van der Waals surface area contributed by atoms with Gasteiger partial charge in [0.25, 0.3) is 0 Å². The van der Waals surface area contributed by atoms with Crippen molar-refractivity contribution in [2.75, 3.05) is 0 Å². The number of nitrogens with one attached hydrogen (secondary N) is 1. The smallest absolute Gasteiger partial charge is 0.0521 e. The van der Waals surface area contributed by atoms with E-state index < -0.39 is 0 Å². The maximum absolute atomic E-state index is 5.63. The number of benzene rings is 1. The molecule has 1 unspecified atom stereocenters. The van der Waals surface area contributed by atoms with Crippen LogP contribution in [0.4, 0.5) is 0 Å². The van der Waals surface area contributed by atoms with Crippen LogP contribution in [0.3, 0.4) is 0 Å². The van der Waals surface area contributed by atoms with Gasteiger partial charge < -0.3 is 0 Å². The number of rotatable bonds is 5. The van der Waals surface area contributed by atoms with Crippen LogP contribution in [0, 0.1) is 0 Å². The maximum atomic E-state index is 5.63. The van der Waals surface area contributed by atoms with E-state index in [2.05, 4.69) is 38.6 Å². The molecular formula is C13H17BrN4. The van der Waals surface area contributed by atoms with Crippen LogP contribution in [0.2, 0.25) is 0 Å². The summed E-state index contributed by atoms with van der Waals surface area (Å²) >= 11 is 3.43. The average Bonchev–Trinajstić information content (AvgIpc) is 2.78. The van der Waals surface area contributed by atoms with E-state index in [1.807, 2.05) is 36.3 Å². The lowest BCUT2D eigenvalue weighted by atomic mass is 10.0. The monoisotopic (exact) mass is 308 g/mol. The summed E-state index contributed by atoms with van der Waals surface area (Å²) in [6.07, 6.45) is 5.84. The molecule has 0 fully saturated rings. The molecule has 3 N–H and O–H groups in total. The molecule has 0 aliphatic heterocycles. The first-order chi connectivity index (χ1) is 8.69. The van der Waals surface area contributed by atoms with Gasteiger partial charge in [-0.3, -0.25) is 16.0 Å². The molecule has 1 aromatic heterocycles. The Morgan fingerprint density at radius 3 is 2.67 bits per heavy atom. The molecule has 2 aromatic rings. The van der Waals surface area contributed by atoms with Crippen molar-refractivity contribution in [2.45, 2.75) is 18.9 Å². The van der Waals surface area contributed by atoms with Gasteiger partial charge in [0.15, 0.2) is 0 Å². The summed E-state index contributed by atoms with van der Waals surface area (Å²) in [5, 5.41) is 4.16. The van der Waals surface area contributed by atoms with Gasteiger partial charge in [-0.25, -0.2) is 0 Å². The first-order valence-electron chi connectivity index (χ1n) is 5.88. The van der Waals surface area contributed by atoms with Gasteiger partial charge in [0.05, 0.1) is 6.20 Å². The van der Waals surface area contributed by atoms with Gasteiger partial charge in [0, 0.05) is 23.8 Å². The highest BCUT2D eigenvalue weighted by atomic mass is 79.9. The highest BCUT2D eigenvalue weighted by molar-refractivity contribution is 9.10. The zero-order chi connectivity index (χ0) is 13.0. The van der Waals surface area contributed by atoms with Crippen molar-refractivity contribution in [3.05, 3.63) is 52.3 Å². The molecule has 0 amide bonds. The third-order valence-corrected chi connectivity index (χ3v) is 3.48. The quantitative estimate of drug-likeness (QED) is 0.658. The number of aryl methyl sites for hydroxylation is 2. The fourth-order valence-electron chi connectivity index (χ4n) is 1.95. The summed E-state index contributed by atoms with van der Waals surface area (Å²) in [5.74, 6) is 5.63. The van der Waals surface area contributed by atoms with Crippen LogP contribution >= 0.6 is 15.9 Å². The van der Waals surface area contributed by atoms with Crippen LogP contribution in [0.5, 0.6) is 0 Å². The Morgan fingerprint density at radius 1 is 1.39 bits per heavy atom. The molecule has 0 spiro atoms. The Hall–Kier alpha value is -1.17. The number of nitrogens with zero attached hydrogens (tertiary/aromatic N) is 2. The molecule has 96 valence electrons. The summed E-state index contributed by atoms with van der Waals surface area (Å²) in [4.78, 5) is 0. The van der Waals surface area contributed by atoms with Gasteiger partial charge >= 0.3 is 0 Å². The lowest BCUT2D eigenvalue weighted by Crippen LogP contribution is -2.28. The molecule has 0 saturated carbocycles. The van der Waals surface area contributed by atoms with Crippen LogP contribution < -0.4 is 11.3 Å². The molecule has 2 rings (SSSR count). The number of hydrazine groups is 1. The molecule has 1 aromatic carbocycles. The SMILES string of the molecule is Cn1cc(CCC(NN)c2ccc(Br)cc2)cn1. The van der Waals surface area contributed by atoms with Crippen molar-refractivity contribution in [2.24, 2.45) is 12.9 Å². The van der Waals surface area contributed by atoms with Gasteiger partial charge in [0.1, 0.15) is 0 Å². The second-order valence-corrected chi connectivity index (χ2v) is 5.25. The van der Waals surface area contributed by atoms with Gasteiger partial charge in [-0.2, -0.15) is 5.10 Å². The molecule has 18 heavy (non-hydrogen) atoms. The second-order valence-electron chi connectivity index (χ2n) is 4.33. The Labute approximate surface area is 115 Å². The van der Waals surface area contributed by atoms with Crippen molar-refractivity contribution >= 4 is 15.9 Å². The highest BCUT2D eigenvalue weighted by Crippen LogP contribution is 2.20. The van der Waals surface area contributed by atoms with Gasteiger partial charge in [-0.1, -0.05) is 28.1 Å². The minimum atomic E-state index is 0.165. The molecule has 4 nitrogen and oxygen atoms in total. The minimum absolute atomic E-state index is 0.165. The lowest BCUT2D eigenvalue weighted by Gasteiger charge is -2.15. The zero-order valence-electron chi connectivity index (χ0n) is 10.3. The predicted molar refractivity (Wildman–Crippen MR) is 75.7 cm³/mol. The van der Waals surface area contributed by atoms with Gasteiger partial charge in [-0.15, -0.1) is 0 Å². The molecule has 0 aliphatic rings. The molecule has 0 saturated heterocycles. The van der Waals surface area contributed by atoms with Gasteiger partial charge in [-0.05, 0) is 36.1 Å². The van der Waals surface area contributed by atoms with Crippen LogP contribution in [0.1, 0.15) is 23.6 Å². The molecule has 0 bridgehead atoms. The van der Waals surface area contributed by atoms with Crippen molar-refractivity contribution in [3.8, 4) is 0 Å². The number of hydrogen-bond donors (Lipinski definition) is 2. The number of aromatic nitrogens is 2. The standard InChI is InChI=1S/C13H17BrN4/c1-18-9-10(8-16-18)2-7-13(17-15)11-3-5-12(14)6-4-11/h3-6,8-9,13,17H,2,7,15H2,1H3. The number of hydrogen-bond acceptors (Lipinski definition) is 3.